The lowest BCUT2D eigenvalue weighted by Crippen LogP contribution is -2.43. The maximum absolute atomic E-state index is 12.8. The molecule has 0 bridgehead atoms. The van der Waals surface area contributed by atoms with Gasteiger partial charge in [-0.2, -0.15) is 13.2 Å². The Morgan fingerprint density at radius 1 is 1.07 bits per heavy atom. The molecule has 28 heavy (non-hydrogen) atoms. The highest BCUT2D eigenvalue weighted by Gasteiger charge is 2.36. The number of anilines is 1. The van der Waals surface area contributed by atoms with Crippen molar-refractivity contribution in [1.29, 1.82) is 0 Å². The van der Waals surface area contributed by atoms with Gasteiger partial charge in [0.2, 0.25) is 0 Å². The topological polar surface area (TPSA) is 54.8 Å². The van der Waals surface area contributed by atoms with Crippen LogP contribution in [0.3, 0.4) is 0 Å². The zero-order valence-electron chi connectivity index (χ0n) is 15.4. The van der Waals surface area contributed by atoms with Gasteiger partial charge in [-0.25, -0.2) is 4.98 Å². The lowest BCUT2D eigenvalue weighted by molar-refractivity contribution is -0.137. The molecule has 1 fully saturated rings. The van der Waals surface area contributed by atoms with Crippen molar-refractivity contribution >= 4 is 17.4 Å². The molecule has 1 aromatic carbocycles. The van der Waals surface area contributed by atoms with Crippen LogP contribution in [0.15, 0.2) is 30.5 Å². The van der Waals surface area contributed by atoms with Crippen molar-refractivity contribution in [2.24, 2.45) is 0 Å². The number of piperidine rings is 1. The predicted octanol–water partition coefficient (Wildman–Crippen LogP) is 4.26. The van der Waals surface area contributed by atoms with E-state index in [4.69, 9.17) is 21.1 Å². The molecule has 0 atom stereocenters. The average molecular weight is 417 g/mol. The third-order valence-electron chi connectivity index (χ3n) is 4.93. The van der Waals surface area contributed by atoms with Crippen molar-refractivity contribution in [2.75, 3.05) is 32.2 Å². The van der Waals surface area contributed by atoms with Crippen molar-refractivity contribution < 1.29 is 27.8 Å². The standard InChI is InChI=1S/C19H20ClF3N2O3/c1-27-14-7-12(8-15(10-14)28-2)18(26)3-5-25(6-4-18)17-16(20)9-13(11-24-17)19(21,22)23/h7-11,26H,3-6H2,1-2H3. The average Bonchev–Trinajstić information content (AvgIpc) is 2.67. The second-order valence-electron chi connectivity index (χ2n) is 6.65. The Balaban J connectivity index is 1.79. The number of pyridine rings is 1. The molecule has 0 unspecified atom stereocenters. The van der Waals surface area contributed by atoms with E-state index in [0.29, 0.717) is 43.0 Å². The van der Waals surface area contributed by atoms with Crippen molar-refractivity contribution in [1.82, 2.24) is 4.98 Å². The highest BCUT2D eigenvalue weighted by Crippen LogP contribution is 2.39. The van der Waals surface area contributed by atoms with Crippen LogP contribution < -0.4 is 14.4 Å². The van der Waals surface area contributed by atoms with Gasteiger partial charge in [-0.1, -0.05) is 11.6 Å². The number of aromatic nitrogens is 1. The number of methoxy groups -OCH3 is 2. The minimum Gasteiger partial charge on any atom is -0.497 e. The quantitative estimate of drug-likeness (QED) is 0.807. The molecule has 0 spiro atoms. The second-order valence-corrected chi connectivity index (χ2v) is 7.05. The van der Waals surface area contributed by atoms with Gasteiger partial charge in [0.25, 0.3) is 0 Å². The molecule has 3 rings (SSSR count). The summed E-state index contributed by atoms with van der Waals surface area (Å²) >= 11 is 6.04. The van der Waals surface area contributed by atoms with E-state index in [9.17, 15) is 18.3 Å². The highest BCUT2D eigenvalue weighted by molar-refractivity contribution is 6.33. The van der Waals surface area contributed by atoms with E-state index >= 15 is 0 Å². The van der Waals surface area contributed by atoms with E-state index in [2.05, 4.69) is 4.98 Å². The maximum atomic E-state index is 12.8. The molecule has 9 heteroatoms. The first-order valence-corrected chi connectivity index (χ1v) is 8.98. The number of aliphatic hydroxyl groups is 1. The SMILES string of the molecule is COc1cc(OC)cc(C2(O)CCN(c3ncc(C(F)(F)F)cc3Cl)CC2)c1. The van der Waals surface area contributed by atoms with Gasteiger partial charge in [0.15, 0.2) is 0 Å². The Labute approximate surface area is 165 Å². The fourth-order valence-electron chi connectivity index (χ4n) is 3.27. The third-order valence-corrected chi connectivity index (χ3v) is 5.21. The number of hydrogen-bond donors (Lipinski definition) is 1. The van der Waals surface area contributed by atoms with Crippen LogP contribution in [0.2, 0.25) is 5.02 Å². The molecule has 1 N–H and O–H groups in total. The van der Waals surface area contributed by atoms with E-state index in [1.165, 1.54) is 14.2 Å². The van der Waals surface area contributed by atoms with E-state index < -0.39 is 17.3 Å². The Morgan fingerprint density at radius 3 is 2.11 bits per heavy atom. The Bertz CT molecular complexity index is 831. The molecule has 0 amide bonds. The van der Waals surface area contributed by atoms with Gasteiger partial charge in [0.1, 0.15) is 17.3 Å². The Hall–Kier alpha value is -2.19. The summed E-state index contributed by atoms with van der Waals surface area (Å²) in [5, 5.41) is 11.1. The van der Waals surface area contributed by atoms with Crippen LogP contribution >= 0.6 is 11.6 Å². The van der Waals surface area contributed by atoms with Crippen LogP contribution in [0, 0.1) is 0 Å². The van der Waals surface area contributed by atoms with Crippen molar-refractivity contribution in [3.05, 3.63) is 46.6 Å². The van der Waals surface area contributed by atoms with Crippen LogP contribution in [-0.4, -0.2) is 37.4 Å². The molecule has 1 aliphatic heterocycles. The van der Waals surface area contributed by atoms with Gasteiger partial charge in [0, 0.05) is 25.4 Å². The number of hydrogen-bond acceptors (Lipinski definition) is 5. The summed E-state index contributed by atoms with van der Waals surface area (Å²) in [5.74, 6) is 1.41. The summed E-state index contributed by atoms with van der Waals surface area (Å²) in [5.41, 5.74) is -1.34. The van der Waals surface area contributed by atoms with Crippen LogP contribution in [0.5, 0.6) is 11.5 Å². The van der Waals surface area contributed by atoms with Crippen LogP contribution in [-0.2, 0) is 11.8 Å². The molecular weight excluding hydrogens is 397 g/mol. The molecule has 2 heterocycles. The molecule has 0 radical (unpaired) electrons. The second kappa shape index (κ2) is 7.67. The number of ether oxygens (including phenoxy) is 2. The minimum absolute atomic E-state index is 0.0664. The smallest absolute Gasteiger partial charge is 0.417 e. The molecule has 1 aliphatic rings. The zero-order chi connectivity index (χ0) is 20.5. The molecule has 5 nitrogen and oxygen atoms in total. The predicted molar refractivity (Wildman–Crippen MR) is 99.1 cm³/mol. The lowest BCUT2D eigenvalue weighted by Gasteiger charge is -2.39. The van der Waals surface area contributed by atoms with Crippen molar-refractivity contribution in [3.63, 3.8) is 0 Å². The summed E-state index contributed by atoms with van der Waals surface area (Å²) in [6.45, 7) is 0.766. The fraction of sp³-hybridized carbons (Fsp3) is 0.421. The number of rotatable bonds is 4. The normalized spacial score (nSPS) is 16.8. The summed E-state index contributed by atoms with van der Waals surface area (Å²) in [4.78, 5) is 5.67. The van der Waals surface area contributed by atoms with Gasteiger partial charge in [-0.05, 0) is 36.6 Å². The van der Waals surface area contributed by atoms with Crippen molar-refractivity contribution in [3.8, 4) is 11.5 Å². The summed E-state index contributed by atoms with van der Waals surface area (Å²) in [7, 11) is 3.06. The molecule has 1 saturated heterocycles. The summed E-state index contributed by atoms with van der Waals surface area (Å²) < 4.78 is 48.9. The highest BCUT2D eigenvalue weighted by atomic mass is 35.5. The number of benzene rings is 1. The van der Waals surface area contributed by atoms with E-state index in [-0.39, 0.29) is 10.8 Å². The Morgan fingerprint density at radius 2 is 1.64 bits per heavy atom. The molecule has 0 aliphatic carbocycles. The van der Waals surface area contributed by atoms with E-state index in [0.717, 1.165) is 12.3 Å². The number of nitrogens with zero attached hydrogens (tertiary/aromatic N) is 2. The third kappa shape index (κ3) is 4.12. The van der Waals surface area contributed by atoms with Crippen molar-refractivity contribution in [2.45, 2.75) is 24.6 Å². The number of alkyl halides is 3. The van der Waals surface area contributed by atoms with E-state index in [1.54, 1.807) is 23.1 Å². The number of halogens is 4. The van der Waals surface area contributed by atoms with Crippen LogP contribution in [0.25, 0.3) is 0 Å². The largest absolute Gasteiger partial charge is 0.497 e. The van der Waals surface area contributed by atoms with Crippen LogP contribution in [0.1, 0.15) is 24.0 Å². The monoisotopic (exact) mass is 416 g/mol. The van der Waals surface area contributed by atoms with Gasteiger partial charge < -0.3 is 19.5 Å². The van der Waals surface area contributed by atoms with Gasteiger partial charge >= 0.3 is 6.18 Å². The molecular formula is C19H20ClF3N2O3. The lowest BCUT2D eigenvalue weighted by atomic mass is 9.84. The first-order chi connectivity index (χ1) is 13.2. The fourth-order valence-corrected chi connectivity index (χ4v) is 3.56. The first-order valence-electron chi connectivity index (χ1n) is 8.60. The first kappa shape index (κ1) is 20.5. The Kier molecular flexibility index (Phi) is 5.63. The summed E-state index contributed by atoms with van der Waals surface area (Å²) in [6.07, 6.45) is -3.03. The molecule has 152 valence electrons. The van der Waals surface area contributed by atoms with Gasteiger partial charge in [0.05, 0.1) is 30.4 Å². The molecule has 2 aromatic rings. The van der Waals surface area contributed by atoms with Gasteiger partial charge in [-0.15, -0.1) is 0 Å². The maximum Gasteiger partial charge on any atom is 0.417 e. The van der Waals surface area contributed by atoms with Crippen LogP contribution in [0.4, 0.5) is 19.0 Å². The zero-order valence-corrected chi connectivity index (χ0v) is 16.1. The van der Waals surface area contributed by atoms with Gasteiger partial charge in [-0.3, -0.25) is 0 Å². The molecule has 0 saturated carbocycles. The molecule has 1 aromatic heterocycles. The summed E-state index contributed by atoms with van der Waals surface area (Å²) in [6, 6.07) is 6.09. The van der Waals surface area contributed by atoms with E-state index in [1.807, 2.05) is 0 Å². The minimum atomic E-state index is -4.50.